The summed E-state index contributed by atoms with van der Waals surface area (Å²) in [5.74, 6) is 0.992. The van der Waals surface area contributed by atoms with Crippen molar-refractivity contribution in [1.82, 2.24) is 4.90 Å². The summed E-state index contributed by atoms with van der Waals surface area (Å²) < 4.78 is 6.96. The molecule has 0 aliphatic carbocycles. The maximum atomic E-state index is 5.70. The highest BCUT2D eigenvalue weighted by atomic mass is 127. The molecule has 0 amide bonds. The van der Waals surface area contributed by atoms with Gasteiger partial charge < -0.3 is 9.64 Å². The lowest BCUT2D eigenvalue weighted by atomic mass is 10.3. The molecule has 17 heavy (non-hydrogen) atoms. The van der Waals surface area contributed by atoms with Crippen LogP contribution >= 0.6 is 22.6 Å². The van der Waals surface area contributed by atoms with Gasteiger partial charge in [0.2, 0.25) is 0 Å². The second kappa shape index (κ2) is 7.21. The molecule has 2 nitrogen and oxygen atoms in total. The van der Waals surface area contributed by atoms with Crippen molar-refractivity contribution in [2.75, 3.05) is 26.2 Å². The number of halogens is 1. The Labute approximate surface area is 117 Å². The first-order valence-corrected chi connectivity index (χ1v) is 7.53. The Hall–Kier alpha value is -0.290. The second-order valence-electron chi connectivity index (χ2n) is 4.56. The van der Waals surface area contributed by atoms with E-state index in [4.69, 9.17) is 4.74 Å². The summed E-state index contributed by atoms with van der Waals surface area (Å²) in [4.78, 5) is 2.56. The molecule has 94 valence electrons. The Kier molecular flexibility index (Phi) is 5.58. The molecule has 1 aliphatic rings. The number of rotatable bonds is 6. The van der Waals surface area contributed by atoms with E-state index >= 15 is 0 Å². The van der Waals surface area contributed by atoms with Crippen molar-refractivity contribution in [2.24, 2.45) is 0 Å². The van der Waals surface area contributed by atoms with Crippen LogP contribution in [0.25, 0.3) is 0 Å². The van der Waals surface area contributed by atoms with Gasteiger partial charge in [-0.05, 0) is 92.2 Å². The number of nitrogens with zero attached hydrogens (tertiary/aromatic N) is 1. The molecule has 2 rings (SSSR count). The maximum Gasteiger partial charge on any atom is 0.119 e. The molecule has 0 atom stereocenters. The fourth-order valence-electron chi connectivity index (χ4n) is 2.16. The van der Waals surface area contributed by atoms with Crippen LogP contribution in [0.3, 0.4) is 0 Å². The molecule has 0 radical (unpaired) electrons. The Morgan fingerprint density at radius 3 is 2.47 bits per heavy atom. The van der Waals surface area contributed by atoms with Gasteiger partial charge in [-0.25, -0.2) is 0 Å². The van der Waals surface area contributed by atoms with Gasteiger partial charge in [0.05, 0.1) is 6.61 Å². The van der Waals surface area contributed by atoms with Gasteiger partial charge in [-0.1, -0.05) is 0 Å². The van der Waals surface area contributed by atoms with Crippen LogP contribution in [0.4, 0.5) is 0 Å². The third-order valence-electron chi connectivity index (χ3n) is 3.15. The first-order valence-electron chi connectivity index (χ1n) is 6.45. The van der Waals surface area contributed by atoms with E-state index in [1.165, 1.54) is 42.5 Å². The SMILES string of the molecule is Ic1ccc(OCCCCN2CCCC2)cc1. The van der Waals surface area contributed by atoms with Crippen molar-refractivity contribution in [3.8, 4) is 5.75 Å². The van der Waals surface area contributed by atoms with E-state index in [0.717, 1.165) is 18.8 Å². The quantitative estimate of drug-likeness (QED) is 0.578. The predicted molar refractivity (Wildman–Crippen MR) is 79.6 cm³/mol. The average Bonchev–Trinajstić information content (AvgIpc) is 2.84. The molecule has 1 saturated heterocycles. The molecule has 0 aromatic heterocycles. The largest absolute Gasteiger partial charge is 0.494 e. The standard InChI is InChI=1S/C14H20INO/c15-13-5-7-14(8-6-13)17-12-4-3-11-16-9-1-2-10-16/h5-8H,1-4,9-12H2. The number of likely N-dealkylation sites (tertiary alicyclic amines) is 1. The van der Waals surface area contributed by atoms with Gasteiger partial charge in [-0.3, -0.25) is 0 Å². The van der Waals surface area contributed by atoms with Gasteiger partial charge in [0, 0.05) is 3.57 Å². The van der Waals surface area contributed by atoms with Gasteiger partial charge in [-0.2, -0.15) is 0 Å². The van der Waals surface area contributed by atoms with Crippen LogP contribution in [0.1, 0.15) is 25.7 Å². The van der Waals surface area contributed by atoms with Gasteiger partial charge in [0.25, 0.3) is 0 Å². The minimum absolute atomic E-state index is 0.842. The summed E-state index contributed by atoms with van der Waals surface area (Å²) in [5, 5.41) is 0. The molecule has 1 heterocycles. The van der Waals surface area contributed by atoms with E-state index in [1.54, 1.807) is 0 Å². The molecule has 0 N–H and O–H groups in total. The zero-order valence-electron chi connectivity index (χ0n) is 10.2. The van der Waals surface area contributed by atoms with Crippen LogP contribution in [0, 0.1) is 3.57 Å². The second-order valence-corrected chi connectivity index (χ2v) is 5.80. The molecule has 1 aromatic carbocycles. The van der Waals surface area contributed by atoms with Crippen LogP contribution < -0.4 is 4.74 Å². The molecule has 0 unspecified atom stereocenters. The lowest BCUT2D eigenvalue weighted by molar-refractivity contribution is 0.279. The summed E-state index contributed by atoms with van der Waals surface area (Å²) in [5.41, 5.74) is 0. The normalized spacial score (nSPS) is 16.3. The van der Waals surface area contributed by atoms with Crippen molar-refractivity contribution in [3.63, 3.8) is 0 Å². The zero-order chi connectivity index (χ0) is 11.9. The van der Waals surface area contributed by atoms with Crippen LogP contribution in [-0.2, 0) is 0 Å². The molecule has 0 bridgehead atoms. The minimum Gasteiger partial charge on any atom is -0.494 e. The molecule has 0 saturated carbocycles. The average molecular weight is 345 g/mol. The lowest BCUT2D eigenvalue weighted by Gasteiger charge is -2.14. The van der Waals surface area contributed by atoms with Gasteiger partial charge in [0.1, 0.15) is 5.75 Å². The fraction of sp³-hybridized carbons (Fsp3) is 0.571. The summed E-state index contributed by atoms with van der Waals surface area (Å²) in [6.07, 6.45) is 5.19. The Bertz CT molecular complexity index is 319. The zero-order valence-corrected chi connectivity index (χ0v) is 12.4. The lowest BCUT2D eigenvalue weighted by Crippen LogP contribution is -2.20. The van der Waals surface area contributed by atoms with E-state index in [2.05, 4.69) is 39.6 Å². The molecular weight excluding hydrogens is 325 g/mol. The Morgan fingerprint density at radius 1 is 1.06 bits per heavy atom. The number of unbranched alkanes of at least 4 members (excludes halogenated alkanes) is 1. The monoisotopic (exact) mass is 345 g/mol. The van der Waals surface area contributed by atoms with E-state index in [-0.39, 0.29) is 0 Å². The van der Waals surface area contributed by atoms with E-state index in [0.29, 0.717) is 0 Å². The summed E-state index contributed by atoms with van der Waals surface area (Å²) in [7, 11) is 0. The number of hydrogen-bond donors (Lipinski definition) is 0. The van der Waals surface area contributed by atoms with E-state index in [1.807, 2.05) is 12.1 Å². The summed E-state index contributed by atoms with van der Waals surface area (Å²) >= 11 is 2.31. The Balaban J connectivity index is 1.55. The molecule has 1 fully saturated rings. The van der Waals surface area contributed by atoms with Gasteiger partial charge >= 0.3 is 0 Å². The van der Waals surface area contributed by atoms with Crippen LogP contribution in [-0.4, -0.2) is 31.1 Å². The van der Waals surface area contributed by atoms with E-state index in [9.17, 15) is 0 Å². The molecular formula is C14H20INO. The Morgan fingerprint density at radius 2 is 1.76 bits per heavy atom. The summed E-state index contributed by atoms with van der Waals surface area (Å²) in [6, 6.07) is 8.25. The van der Waals surface area contributed by atoms with Gasteiger partial charge in [-0.15, -0.1) is 0 Å². The van der Waals surface area contributed by atoms with E-state index < -0.39 is 0 Å². The highest BCUT2D eigenvalue weighted by Gasteiger charge is 2.09. The van der Waals surface area contributed by atoms with Crippen molar-refractivity contribution < 1.29 is 4.74 Å². The van der Waals surface area contributed by atoms with Gasteiger partial charge in [0.15, 0.2) is 0 Å². The first-order chi connectivity index (χ1) is 8.34. The summed E-state index contributed by atoms with van der Waals surface area (Å²) in [6.45, 7) is 4.69. The molecule has 1 aliphatic heterocycles. The molecule has 1 aromatic rings. The topological polar surface area (TPSA) is 12.5 Å². The van der Waals surface area contributed by atoms with Crippen LogP contribution in [0.2, 0.25) is 0 Å². The highest BCUT2D eigenvalue weighted by molar-refractivity contribution is 14.1. The third kappa shape index (κ3) is 4.84. The van der Waals surface area contributed by atoms with Crippen LogP contribution in [0.15, 0.2) is 24.3 Å². The smallest absolute Gasteiger partial charge is 0.119 e. The number of benzene rings is 1. The predicted octanol–water partition coefficient (Wildman–Crippen LogP) is 3.55. The highest BCUT2D eigenvalue weighted by Crippen LogP contribution is 2.14. The van der Waals surface area contributed by atoms with Crippen molar-refractivity contribution in [3.05, 3.63) is 27.8 Å². The fourth-order valence-corrected chi connectivity index (χ4v) is 2.52. The minimum atomic E-state index is 0.842. The van der Waals surface area contributed by atoms with Crippen molar-refractivity contribution >= 4 is 22.6 Å². The molecule has 3 heteroatoms. The first kappa shape index (κ1) is 13.1. The third-order valence-corrected chi connectivity index (χ3v) is 3.87. The number of hydrogen-bond acceptors (Lipinski definition) is 2. The molecule has 0 spiro atoms. The van der Waals surface area contributed by atoms with Crippen molar-refractivity contribution in [2.45, 2.75) is 25.7 Å². The number of ether oxygens (including phenoxy) is 1. The maximum absolute atomic E-state index is 5.70. The van der Waals surface area contributed by atoms with Crippen molar-refractivity contribution in [1.29, 1.82) is 0 Å². The van der Waals surface area contributed by atoms with Crippen LogP contribution in [0.5, 0.6) is 5.75 Å².